The number of carbonyl (C=O) groups is 3. The van der Waals surface area contributed by atoms with Crippen LogP contribution < -0.4 is 26.4 Å². The maximum absolute atomic E-state index is 12.9. The van der Waals surface area contributed by atoms with Crippen LogP contribution in [-0.2, 0) is 17.8 Å². The average molecular weight is 602 g/mol. The minimum absolute atomic E-state index is 0.0462. The lowest BCUT2D eigenvalue weighted by molar-refractivity contribution is -0.131. The Hall–Kier alpha value is -3.31. The number of benzene rings is 2. The van der Waals surface area contributed by atoms with Gasteiger partial charge in [-0.15, -0.1) is 0 Å². The number of piperidine rings is 1. The van der Waals surface area contributed by atoms with Crippen LogP contribution in [0.1, 0.15) is 48.2 Å². The number of anilines is 2. The number of rotatable bonds is 8. The molecule has 0 radical (unpaired) electrons. The number of nitrogens with zero attached hydrogens (tertiary/aromatic N) is 2. The van der Waals surface area contributed by atoms with Gasteiger partial charge in [-0.2, -0.15) is 0 Å². The average Bonchev–Trinajstić information content (AvgIpc) is 3.09. The Bertz CT molecular complexity index is 1230. The van der Waals surface area contributed by atoms with Gasteiger partial charge >= 0.3 is 6.03 Å². The van der Waals surface area contributed by atoms with Crippen molar-refractivity contribution >= 4 is 45.2 Å². The van der Waals surface area contributed by atoms with E-state index in [1.807, 2.05) is 36.9 Å². The minimum atomic E-state index is -0.331. The van der Waals surface area contributed by atoms with Crippen LogP contribution in [0.5, 0.6) is 5.75 Å². The number of fused-ring (bicyclic) bond motifs is 1. The van der Waals surface area contributed by atoms with Gasteiger partial charge in [0.1, 0.15) is 5.75 Å². The topological polar surface area (TPSA) is 129 Å². The van der Waals surface area contributed by atoms with Crippen LogP contribution in [0.2, 0.25) is 0 Å². The van der Waals surface area contributed by atoms with Gasteiger partial charge in [0.15, 0.2) is 0 Å². The van der Waals surface area contributed by atoms with Crippen molar-refractivity contribution in [3.63, 3.8) is 0 Å². The number of likely N-dealkylation sites (tertiary alicyclic amines) is 1. The first-order valence-electron chi connectivity index (χ1n) is 13.3. The number of nitrogens with two attached hydrogens (primary N) is 1. The monoisotopic (exact) mass is 600 g/mol. The lowest BCUT2D eigenvalue weighted by atomic mass is 10.0. The van der Waals surface area contributed by atoms with Gasteiger partial charge in [-0.05, 0) is 76.7 Å². The van der Waals surface area contributed by atoms with E-state index < -0.39 is 0 Å². The standard InChI is InChI=1S/C28H37BrN6O4/c1-17(2)31-15-20-12-19(14-23(29)26(20)30)27(37)32-16-25(36)34-9-7-21(8-10-34)35-11-6-18-13-22(39-3)4-5-24(18)33-28(35)38/h4-5,12-14,17,21,31H,6-11,15-16,30H2,1-3H3,(H,32,37)(H,33,38). The molecule has 0 aromatic heterocycles. The number of hydrogen-bond acceptors (Lipinski definition) is 6. The van der Waals surface area contributed by atoms with Gasteiger partial charge in [0.05, 0.1) is 19.3 Å². The van der Waals surface area contributed by atoms with Crippen molar-refractivity contribution < 1.29 is 19.1 Å². The van der Waals surface area contributed by atoms with E-state index in [1.165, 1.54) is 0 Å². The van der Waals surface area contributed by atoms with Gasteiger partial charge in [-0.25, -0.2) is 4.79 Å². The van der Waals surface area contributed by atoms with Crippen LogP contribution in [0, 0.1) is 0 Å². The maximum Gasteiger partial charge on any atom is 0.322 e. The van der Waals surface area contributed by atoms with Gasteiger partial charge in [0.2, 0.25) is 5.91 Å². The van der Waals surface area contributed by atoms with Gasteiger partial charge in [0, 0.05) is 54.0 Å². The van der Waals surface area contributed by atoms with Crippen molar-refractivity contribution in [3.05, 3.63) is 51.5 Å². The second-order valence-electron chi connectivity index (χ2n) is 10.3. The van der Waals surface area contributed by atoms with Crippen LogP contribution >= 0.6 is 15.9 Å². The zero-order valence-corrected chi connectivity index (χ0v) is 24.3. The molecule has 11 heteroatoms. The number of halogens is 1. The Balaban J connectivity index is 1.28. The third-order valence-electron chi connectivity index (χ3n) is 7.27. The SMILES string of the molecule is COc1ccc2c(c1)CCN(C1CCN(C(=O)CNC(=O)c3cc(Br)c(N)c(CNC(C)C)c3)CC1)C(=O)N2. The van der Waals surface area contributed by atoms with Crippen LogP contribution in [0.3, 0.4) is 0 Å². The predicted molar refractivity (Wildman–Crippen MR) is 155 cm³/mol. The van der Waals surface area contributed by atoms with Crippen molar-refractivity contribution in [2.45, 2.75) is 51.7 Å². The summed E-state index contributed by atoms with van der Waals surface area (Å²) in [5.74, 6) is 0.294. The molecule has 2 aliphatic rings. The molecule has 1 fully saturated rings. The maximum atomic E-state index is 12.9. The molecule has 2 aliphatic heterocycles. The predicted octanol–water partition coefficient (Wildman–Crippen LogP) is 3.35. The van der Waals surface area contributed by atoms with Gasteiger partial charge in [-0.3, -0.25) is 9.59 Å². The molecule has 0 unspecified atom stereocenters. The first-order chi connectivity index (χ1) is 18.7. The molecular formula is C28H37BrN6O4. The molecular weight excluding hydrogens is 564 g/mol. The normalized spacial score (nSPS) is 16.0. The van der Waals surface area contributed by atoms with Crippen molar-refractivity contribution in [1.29, 1.82) is 0 Å². The van der Waals surface area contributed by atoms with Crippen LogP contribution in [0.15, 0.2) is 34.8 Å². The highest BCUT2D eigenvalue weighted by Gasteiger charge is 2.31. The van der Waals surface area contributed by atoms with Crippen molar-refractivity contribution in [1.82, 2.24) is 20.4 Å². The van der Waals surface area contributed by atoms with Crippen molar-refractivity contribution in [3.8, 4) is 5.75 Å². The van der Waals surface area contributed by atoms with E-state index in [0.29, 0.717) is 54.7 Å². The Kier molecular flexibility index (Phi) is 9.34. The molecule has 5 N–H and O–H groups in total. The fraction of sp³-hybridized carbons (Fsp3) is 0.464. The summed E-state index contributed by atoms with van der Waals surface area (Å²) >= 11 is 3.43. The number of hydrogen-bond donors (Lipinski definition) is 4. The fourth-order valence-electron chi connectivity index (χ4n) is 4.97. The third-order valence-corrected chi connectivity index (χ3v) is 7.93. The summed E-state index contributed by atoms with van der Waals surface area (Å²) in [6.07, 6.45) is 2.10. The highest BCUT2D eigenvalue weighted by atomic mass is 79.9. The molecule has 210 valence electrons. The van der Waals surface area contributed by atoms with E-state index in [0.717, 1.165) is 29.0 Å². The summed E-state index contributed by atoms with van der Waals surface area (Å²) in [6.45, 7) is 6.18. The number of amides is 4. The first-order valence-corrected chi connectivity index (χ1v) is 14.1. The largest absolute Gasteiger partial charge is 0.497 e. The number of nitrogens with one attached hydrogen (secondary N) is 3. The number of nitrogen functional groups attached to an aromatic ring is 1. The molecule has 4 amide bonds. The summed E-state index contributed by atoms with van der Waals surface area (Å²) in [5.41, 5.74) is 9.85. The molecule has 10 nitrogen and oxygen atoms in total. The van der Waals surface area contributed by atoms with E-state index in [1.54, 1.807) is 24.1 Å². The number of carbonyl (C=O) groups excluding carboxylic acids is 3. The molecule has 0 bridgehead atoms. The fourth-order valence-corrected chi connectivity index (χ4v) is 5.47. The highest BCUT2D eigenvalue weighted by molar-refractivity contribution is 9.10. The zero-order valence-electron chi connectivity index (χ0n) is 22.7. The Morgan fingerprint density at radius 1 is 1.18 bits per heavy atom. The number of methoxy groups -OCH3 is 1. The molecule has 0 saturated carbocycles. The first kappa shape index (κ1) is 28.7. The van der Waals surface area contributed by atoms with Gasteiger partial charge in [-0.1, -0.05) is 13.8 Å². The van der Waals surface area contributed by atoms with E-state index in [-0.39, 0.29) is 36.5 Å². The van der Waals surface area contributed by atoms with E-state index in [2.05, 4.69) is 31.9 Å². The Morgan fingerprint density at radius 2 is 1.92 bits per heavy atom. The van der Waals surface area contributed by atoms with Crippen LogP contribution in [0.4, 0.5) is 16.2 Å². The minimum Gasteiger partial charge on any atom is -0.497 e. The molecule has 1 saturated heterocycles. The summed E-state index contributed by atoms with van der Waals surface area (Å²) in [4.78, 5) is 42.3. The van der Waals surface area contributed by atoms with Crippen LogP contribution in [0.25, 0.3) is 0 Å². The zero-order chi connectivity index (χ0) is 28.1. The quantitative estimate of drug-likeness (QED) is 0.344. The molecule has 0 spiro atoms. The van der Waals surface area contributed by atoms with Crippen LogP contribution in [-0.4, -0.2) is 73.0 Å². The third kappa shape index (κ3) is 7.02. The summed E-state index contributed by atoms with van der Waals surface area (Å²) < 4.78 is 5.96. The summed E-state index contributed by atoms with van der Waals surface area (Å²) in [7, 11) is 1.63. The summed E-state index contributed by atoms with van der Waals surface area (Å²) in [6, 6.07) is 9.29. The Morgan fingerprint density at radius 3 is 2.62 bits per heavy atom. The number of urea groups is 1. The molecule has 2 heterocycles. The molecule has 0 atom stereocenters. The van der Waals surface area contributed by atoms with E-state index in [4.69, 9.17) is 10.5 Å². The molecule has 0 aliphatic carbocycles. The molecule has 2 aromatic rings. The lowest BCUT2D eigenvalue weighted by Gasteiger charge is -2.38. The van der Waals surface area contributed by atoms with Crippen molar-refractivity contribution in [2.75, 3.05) is 44.3 Å². The molecule has 2 aromatic carbocycles. The molecule has 4 rings (SSSR count). The smallest absolute Gasteiger partial charge is 0.322 e. The second-order valence-corrected chi connectivity index (χ2v) is 11.1. The Labute approximate surface area is 237 Å². The van der Waals surface area contributed by atoms with E-state index >= 15 is 0 Å². The lowest BCUT2D eigenvalue weighted by Crippen LogP contribution is -2.51. The second kappa shape index (κ2) is 12.7. The molecule has 39 heavy (non-hydrogen) atoms. The van der Waals surface area contributed by atoms with Gasteiger partial charge in [0.25, 0.3) is 5.91 Å². The summed E-state index contributed by atoms with van der Waals surface area (Å²) in [5, 5.41) is 9.07. The highest BCUT2D eigenvalue weighted by Crippen LogP contribution is 2.28. The van der Waals surface area contributed by atoms with E-state index in [9.17, 15) is 14.4 Å². The van der Waals surface area contributed by atoms with Gasteiger partial charge < -0.3 is 36.2 Å². The number of ether oxygens (including phenoxy) is 1. The van der Waals surface area contributed by atoms with Crippen molar-refractivity contribution in [2.24, 2.45) is 0 Å².